The van der Waals surface area contributed by atoms with Gasteiger partial charge in [-0.05, 0) is 68.7 Å². The van der Waals surface area contributed by atoms with Crippen LogP contribution in [-0.4, -0.2) is 62.6 Å². The molecule has 0 radical (unpaired) electrons. The summed E-state index contributed by atoms with van der Waals surface area (Å²) in [5.41, 5.74) is 2.72. The van der Waals surface area contributed by atoms with Crippen LogP contribution in [0.25, 0.3) is 10.8 Å². The van der Waals surface area contributed by atoms with Crippen LogP contribution >= 0.6 is 11.8 Å². The van der Waals surface area contributed by atoms with Crippen LogP contribution in [0.5, 0.6) is 17.2 Å². The number of fused-ring (bicyclic) bond motifs is 1. The van der Waals surface area contributed by atoms with Crippen molar-refractivity contribution in [1.29, 1.82) is 0 Å². The van der Waals surface area contributed by atoms with Gasteiger partial charge in [-0.25, -0.2) is 4.79 Å². The van der Waals surface area contributed by atoms with Crippen molar-refractivity contribution in [3.63, 3.8) is 0 Å². The molecule has 48 heavy (non-hydrogen) atoms. The highest BCUT2D eigenvalue weighted by Gasteiger charge is 2.34. The van der Waals surface area contributed by atoms with Gasteiger partial charge in [0.15, 0.2) is 0 Å². The number of hydroxylamine groups is 2. The molecular weight excluding hydrogens is 626 g/mol. The third-order valence-corrected chi connectivity index (χ3v) is 9.26. The molecule has 1 fully saturated rings. The van der Waals surface area contributed by atoms with E-state index >= 15 is 0 Å². The summed E-state index contributed by atoms with van der Waals surface area (Å²) in [6, 6.07) is 28.8. The molecule has 0 saturated carbocycles. The van der Waals surface area contributed by atoms with Gasteiger partial charge in [0.1, 0.15) is 22.8 Å². The van der Waals surface area contributed by atoms with Crippen LogP contribution in [0.4, 0.5) is 4.79 Å². The smallest absolute Gasteiger partial charge is 0.496 e. The van der Waals surface area contributed by atoms with E-state index in [0.29, 0.717) is 19.7 Å². The van der Waals surface area contributed by atoms with Gasteiger partial charge in [0.25, 0.3) is 0 Å². The maximum absolute atomic E-state index is 12.5. The number of piperidine rings is 1. The average Bonchev–Trinajstić information content (AvgIpc) is 3.08. The van der Waals surface area contributed by atoms with Gasteiger partial charge >= 0.3 is 6.16 Å². The van der Waals surface area contributed by atoms with E-state index in [9.17, 15) is 4.79 Å². The molecule has 0 N–H and O–H groups in total. The van der Waals surface area contributed by atoms with Crippen LogP contribution in [0, 0.1) is 0 Å². The van der Waals surface area contributed by atoms with Gasteiger partial charge in [0, 0.05) is 34.6 Å². The first-order valence-corrected chi connectivity index (χ1v) is 17.6. The van der Waals surface area contributed by atoms with Crippen molar-refractivity contribution in [3.8, 4) is 17.2 Å². The zero-order chi connectivity index (χ0) is 33.9. The van der Waals surface area contributed by atoms with Gasteiger partial charge < -0.3 is 28.5 Å². The van der Waals surface area contributed by atoms with Gasteiger partial charge in [0.2, 0.25) is 0 Å². The molecule has 5 rings (SSSR count). The second kappa shape index (κ2) is 17.0. The van der Waals surface area contributed by atoms with E-state index in [-0.39, 0.29) is 18.6 Å². The Bertz CT molecular complexity index is 1610. The molecule has 1 aliphatic rings. The molecule has 1 aliphatic heterocycles. The van der Waals surface area contributed by atoms with E-state index in [2.05, 4.69) is 36.4 Å². The Kier molecular flexibility index (Phi) is 12.5. The Hall–Kier alpha value is -3.92. The van der Waals surface area contributed by atoms with E-state index in [1.165, 1.54) is 5.56 Å². The van der Waals surface area contributed by atoms with E-state index < -0.39 is 11.8 Å². The van der Waals surface area contributed by atoms with Gasteiger partial charge in [-0.3, -0.25) is 0 Å². The minimum Gasteiger partial charge on any atom is -0.496 e. The van der Waals surface area contributed by atoms with E-state index in [1.54, 1.807) is 19.3 Å². The summed E-state index contributed by atoms with van der Waals surface area (Å²) < 4.78 is 29.7. The monoisotopic (exact) mass is 673 g/mol. The molecule has 0 aromatic heterocycles. The number of carbonyl (C=O) groups is 1. The minimum atomic E-state index is -0.722. The van der Waals surface area contributed by atoms with Gasteiger partial charge in [-0.15, -0.1) is 5.06 Å². The van der Waals surface area contributed by atoms with Crippen LogP contribution in [0.3, 0.4) is 0 Å². The fourth-order valence-corrected chi connectivity index (χ4v) is 6.80. The Labute approximate surface area is 288 Å². The molecular formula is C39H47NO7S. The Morgan fingerprint density at radius 3 is 2.35 bits per heavy atom. The molecule has 1 heterocycles. The van der Waals surface area contributed by atoms with E-state index in [4.69, 9.17) is 28.5 Å². The molecule has 2 atom stereocenters. The summed E-state index contributed by atoms with van der Waals surface area (Å²) in [4.78, 5) is 18.1. The lowest BCUT2D eigenvalue weighted by molar-refractivity contribution is -0.179. The molecule has 1 saturated heterocycles. The number of carbonyl (C=O) groups excluding carboxylic acids is 1. The zero-order valence-corrected chi connectivity index (χ0v) is 29.4. The third kappa shape index (κ3) is 9.81. The first-order valence-electron chi connectivity index (χ1n) is 16.5. The normalized spacial score (nSPS) is 16.8. The van der Waals surface area contributed by atoms with Crippen LogP contribution < -0.4 is 14.2 Å². The predicted octanol–water partition coefficient (Wildman–Crippen LogP) is 8.80. The van der Waals surface area contributed by atoms with Crippen LogP contribution in [0.1, 0.15) is 56.2 Å². The molecule has 4 aromatic rings. The number of nitrogens with zero attached hydrogens (tertiary/aromatic N) is 1. The summed E-state index contributed by atoms with van der Waals surface area (Å²) in [6.45, 7) is 7.34. The summed E-state index contributed by atoms with van der Waals surface area (Å²) in [7, 11) is 3.34. The summed E-state index contributed by atoms with van der Waals surface area (Å²) in [6.07, 6.45) is 0.705. The van der Waals surface area contributed by atoms with E-state index in [1.807, 2.05) is 81.1 Å². The highest BCUT2D eigenvalue weighted by Crippen LogP contribution is 2.38. The SMILES string of the molecule is COc1cc(COC2CN(OC(=O)OC(C)(C)C)CCC2c2ccc(OCCCSCc3ccccc3)cc2)c(OC)c2ccccc12. The number of methoxy groups -OCH3 is 2. The quantitative estimate of drug-likeness (QED) is 0.0964. The maximum Gasteiger partial charge on any atom is 0.528 e. The van der Waals surface area contributed by atoms with Crippen LogP contribution in [-0.2, 0) is 26.7 Å². The lowest BCUT2D eigenvalue weighted by Gasteiger charge is -2.37. The second-order valence-electron chi connectivity index (χ2n) is 12.8. The summed E-state index contributed by atoms with van der Waals surface area (Å²) >= 11 is 1.92. The zero-order valence-electron chi connectivity index (χ0n) is 28.6. The molecule has 2 unspecified atom stereocenters. The highest BCUT2D eigenvalue weighted by atomic mass is 32.2. The fourth-order valence-electron chi connectivity index (χ4n) is 5.91. The number of thioether (sulfide) groups is 1. The molecule has 8 nitrogen and oxygen atoms in total. The lowest BCUT2D eigenvalue weighted by atomic mass is 9.87. The number of ether oxygens (including phenoxy) is 5. The van der Waals surface area contributed by atoms with E-state index in [0.717, 1.165) is 63.5 Å². The van der Waals surface area contributed by atoms with Gasteiger partial charge in [-0.2, -0.15) is 11.8 Å². The first-order chi connectivity index (χ1) is 23.2. The number of hydrogen-bond acceptors (Lipinski definition) is 9. The topological polar surface area (TPSA) is 75.7 Å². The summed E-state index contributed by atoms with van der Waals surface area (Å²) in [5.74, 6) is 4.49. The number of hydrogen-bond donors (Lipinski definition) is 0. The Morgan fingerprint density at radius 1 is 0.917 bits per heavy atom. The van der Waals surface area contributed by atoms with Crippen molar-refractivity contribution in [2.45, 2.75) is 63.6 Å². The standard InChI is InChI=1S/C39H47NO7S/c1-39(2,3)46-38(41)47-40-21-20-32(29-16-18-31(19-17-29)44-22-11-23-48-27-28-12-7-6-8-13-28)36(25-40)45-26-30-24-35(42-4)33-14-9-10-15-34(33)37(30)43-5/h6-10,12-19,24,32,36H,11,20-23,25-27H2,1-5H3. The van der Waals surface area contributed by atoms with Gasteiger partial charge in [0.05, 0.1) is 40.1 Å². The van der Waals surface area contributed by atoms with Gasteiger partial charge in [-0.1, -0.05) is 66.7 Å². The molecule has 256 valence electrons. The largest absolute Gasteiger partial charge is 0.528 e. The molecule has 0 spiro atoms. The second-order valence-corrected chi connectivity index (χ2v) is 13.9. The molecule has 0 bridgehead atoms. The van der Waals surface area contributed by atoms with Crippen molar-refractivity contribution < 1.29 is 33.3 Å². The van der Waals surface area contributed by atoms with Crippen molar-refractivity contribution >= 4 is 28.7 Å². The molecule has 0 aliphatic carbocycles. The lowest BCUT2D eigenvalue weighted by Crippen LogP contribution is -2.45. The average molecular weight is 674 g/mol. The highest BCUT2D eigenvalue weighted by molar-refractivity contribution is 7.98. The third-order valence-electron chi connectivity index (χ3n) is 8.15. The maximum atomic E-state index is 12.5. The van der Waals surface area contributed by atoms with Crippen molar-refractivity contribution in [1.82, 2.24) is 5.06 Å². The predicted molar refractivity (Wildman–Crippen MR) is 191 cm³/mol. The van der Waals surface area contributed by atoms with Crippen LogP contribution in [0.2, 0.25) is 0 Å². The summed E-state index contributed by atoms with van der Waals surface area (Å²) in [5, 5.41) is 3.57. The fraction of sp³-hybridized carbons (Fsp3) is 0.410. The first kappa shape index (κ1) is 35.4. The Morgan fingerprint density at radius 2 is 1.65 bits per heavy atom. The number of benzene rings is 4. The molecule has 4 aromatic carbocycles. The minimum absolute atomic E-state index is 0.0697. The van der Waals surface area contributed by atoms with Crippen molar-refractivity contribution in [2.24, 2.45) is 0 Å². The molecule has 0 amide bonds. The van der Waals surface area contributed by atoms with Crippen molar-refractivity contribution in [2.75, 3.05) is 39.7 Å². The number of rotatable bonds is 14. The molecule has 9 heteroatoms. The Balaban J connectivity index is 1.24. The van der Waals surface area contributed by atoms with Crippen LogP contribution in [0.15, 0.2) is 84.9 Å². The van der Waals surface area contributed by atoms with Crippen molar-refractivity contribution in [3.05, 3.63) is 102 Å².